The molecule has 2 aromatic rings. The van der Waals surface area contributed by atoms with Gasteiger partial charge in [-0.1, -0.05) is 60.7 Å². The fourth-order valence-corrected chi connectivity index (χ4v) is 2.30. The van der Waals surface area contributed by atoms with Crippen molar-refractivity contribution < 1.29 is 19.8 Å². The van der Waals surface area contributed by atoms with Crippen LogP contribution in [0.15, 0.2) is 60.7 Å². The van der Waals surface area contributed by atoms with Gasteiger partial charge in [0.05, 0.1) is 0 Å². The van der Waals surface area contributed by atoms with Crippen LogP contribution in [0.5, 0.6) is 0 Å². The minimum absolute atomic E-state index is 0.233. The van der Waals surface area contributed by atoms with Gasteiger partial charge in [-0.2, -0.15) is 0 Å². The number of hydrogen-bond acceptors (Lipinski definition) is 4. The summed E-state index contributed by atoms with van der Waals surface area (Å²) in [5.74, 6) is -1.90. The van der Waals surface area contributed by atoms with Gasteiger partial charge in [0.1, 0.15) is 0 Å². The van der Waals surface area contributed by atoms with Crippen LogP contribution in [0.1, 0.15) is 11.1 Å². The van der Waals surface area contributed by atoms with E-state index < -0.39 is 24.0 Å². The van der Waals surface area contributed by atoms with Crippen LogP contribution in [0.25, 0.3) is 0 Å². The Morgan fingerprint density at radius 2 is 1.25 bits per heavy atom. The normalized spacial score (nSPS) is 13.1. The fraction of sp³-hybridized carbons (Fsp3) is 0.222. The van der Waals surface area contributed by atoms with Crippen molar-refractivity contribution >= 4 is 11.8 Å². The Kier molecular flexibility index (Phi) is 6.06. The maximum absolute atomic E-state index is 12.5. The lowest BCUT2D eigenvalue weighted by Crippen LogP contribution is -2.49. The van der Waals surface area contributed by atoms with Gasteiger partial charge in [-0.25, -0.2) is 0 Å². The molecular weight excluding hydrogens is 308 g/mol. The van der Waals surface area contributed by atoms with E-state index in [0.29, 0.717) is 0 Å². The van der Waals surface area contributed by atoms with Crippen molar-refractivity contribution in [3.8, 4) is 0 Å². The fourth-order valence-electron chi connectivity index (χ4n) is 2.30. The molecule has 0 heterocycles. The molecule has 126 valence electrons. The molecule has 6 nitrogen and oxygen atoms in total. The molecule has 2 aromatic carbocycles. The predicted molar refractivity (Wildman–Crippen MR) is 88.3 cm³/mol. The number of carbonyl (C=O) groups is 2. The number of primary amides is 1. The highest BCUT2D eigenvalue weighted by molar-refractivity contribution is 5.89. The smallest absolute Gasteiger partial charge is 0.255 e. The van der Waals surface area contributed by atoms with Gasteiger partial charge in [-0.05, 0) is 11.1 Å². The van der Waals surface area contributed by atoms with Crippen molar-refractivity contribution in [2.75, 3.05) is 0 Å². The first-order valence-corrected chi connectivity index (χ1v) is 7.51. The van der Waals surface area contributed by atoms with Gasteiger partial charge in [0.15, 0.2) is 12.2 Å². The summed E-state index contributed by atoms with van der Waals surface area (Å²) in [6.45, 7) is 0.466. The third kappa shape index (κ3) is 4.65. The molecule has 0 aromatic heterocycles. The summed E-state index contributed by atoms with van der Waals surface area (Å²) < 4.78 is 0. The lowest BCUT2D eigenvalue weighted by molar-refractivity contribution is -0.152. The van der Waals surface area contributed by atoms with Gasteiger partial charge in [0.2, 0.25) is 5.91 Å². The second-order valence-electron chi connectivity index (χ2n) is 5.46. The van der Waals surface area contributed by atoms with E-state index >= 15 is 0 Å². The molecule has 0 spiro atoms. The molecule has 0 aliphatic heterocycles. The summed E-state index contributed by atoms with van der Waals surface area (Å²) in [4.78, 5) is 24.9. The average Bonchev–Trinajstić information content (AvgIpc) is 2.61. The lowest BCUT2D eigenvalue weighted by Gasteiger charge is -2.26. The lowest BCUT2D eigenvalue weighted by atomic mass is 10.1. The van der Waals surface area contributed by atoms with Gasteiger partial charge in [-0.3, -0.25) is 9.59 Å². The van der Waals surface area contributed by atoms with E-state index in [1.807, 2.05) is 60.7 Å². The van der Waals surface area contributed by atoms with Crippen LogP contribution in [0, 0.1) is 0 Å². The SMILES string of the molecule is NC(=O)[C@@H](O)[C@H](O)C(=O)N(Cc1ccccc1)Cc1ccccc1. The Balaban J connectivity index is 2.21. The highest BCUT2D eigenvalue weighted by atomic mass is 16.3. The molecule has 0 saturated carbocycles. The molecule has 0 saturated heterocycles. The van der Waals surface area contributed by atoms with Crippen LogP contribution in [0.2, 0.25) is 0 Å². The molecule has 0 fully saturated rings. The average molecular weight is 328 g/mol. The van der Waals surface area contributed by atoms with E-state index in [0.717, 1.165) is 11.1 Å². The molecule has 0 unspecified atom stereocenters. The van der Waals surface area contributed by atoms with Gasteiger partial charge >= 0.3 is 0 Å². The van der Waals surface area contributed by atoms with Crippen molar-refractivity contribution in [1.29, 1.82) is 0 Å². The van der Waals surface area contributed by atoms with Crippen LogP contribution in [0.3, 0.4) is 0 Å². The Hall–Kier alpha value is -2.70. The Morgan fingerprint density at radius 1 is 0.833 bits per heavy atom. The molecular formula is C18H20N2O4. The zero-order chi connectivity index (χ0) is 17.5. The zero-order valence-corrected chi connectivity index (χ0v) is 13.1. The van der Waals surface area contributed by atoms with Crippen molar-refractivity contribution in [3.05, 3.63) is 71.8 Å². The van der Waals surface area contributed by atoms with Gasteiger partial charge in [-0.15, -0.1) is 0 Å². The molecule has 2 atom stereocenters. The van der Waals surface area contributed by atoms with Crippen molar-refractivity contribution in [2.45, 2.75) is 25.3 Å². The third-order valence-corrected chi connectivity index (χ3v) is 3.59. The monoisotopic (exact) mass is 328 g/mol. The Morgan fingerprint density at radius 3 is 1.62 bits per heavy atom. The van der Waals surface area contributed by atoms with Crippen molar-refractivity contribution in [2.24, 2.45) is 5.73 Å². The molecule has 24 heavy (non-hydrogen) atoms. The van der Waals surface area contributed by atoms with E-state index in [2.05, 4.69) is 0 Å². The van der Waals surface area contributed by atoms with Crippen LogP contribution in [-0.2, 0) is 22.7 Å². The molecule has 2 amide bonds. The summed E-state index contributed by atoms with van der Waals surface area (Å²) in [5, 5.41) is 19.5. The van der Waals surface area contributed by atoms with E-state index in [9.17, 15) is 19.8 Å². The summed E-state index contributed by atoms with van der Waals surface area (Å²) in [6, 6.07) is 18.5. The van der Waals surface area contributed by atoms with Crippen molar-refractivity contribution in [1.82, 2.24) is 4.90 Å². The summed E-state index contributed by atoms with van der Waals surface area (Å²) >= 11 is 0. The van der Waals surface area contributed by atoms with E-state index in [4.69, 9.17) is 5.73 Å². The molecule has 6 heteroatoms. The van der Waals surface area contributed by atoms with Crippen LogP contribution >= 0.6 is 0 Å². The van der Waals surface area contributed by atoms with Gasteiger partial charge < -0.3 is 20.8 Å². The predicted octanol–water partition coefficient (Wildman–Crippen LogP) is 0.423. The topological polar surface area (TPSA) is 104 Å². The van der Waals surface area contributed by atoms with Crippen LogP contribution in [-0.4, -0.2) is 39.1 Å². The van der Waals surface area contributed by atoms with Gasteiger partial charge in [0, 0.05) is 13.1 Å². The second-order valence-corrected chi connectivity index (χ2v) is 5.46. The van der Waals surface area contributed by atoms with E-state index in [1.165, 1.54) is 4.90 Å². The quantitative estimate of drug-likeness (QED) is 0.685. The second kappa shape index (κ2) is 8.24. The maximum Gasteiger partial charge on any atom is 0.255 e. The summed E-state index contributed by atoms with van der Waals surface area (Å²) in [6.07, 6.45) is -3.83. The molecule has 2 rings (SSSR count). The number of carbonyl (C=O) groups excluding carboxylic acids is 2. The first-order chi connectivity index (χ1) is 11.5. The number of nitrogens with two attached hydrogens (primary N) is 1. The number of aliphatic hydroxyl groups excluding tert-OH is 2. The number of amides is 2. The zero-order valence-electron chi connectivity index (χ0n) is 13.1. The third-order valence-electron chi connectivity index (χ3n) is 3.59. The highest BCUT2D eigenvalue weighted by Crippen LogP contribution is 2.13. The number of rotatable bonds is 7. The van der Waals surface area contributed by atoms with Crippen LogP contribution < -0.4 is 5.73 Å². The number of hydrogen-bond donors (Lipinski definition) is 3. The highest BCUT2D eigenvalue weighted by Gasteiger charge is 2.32. The standard InChI is InChI=1S/C18H20N2O4/c19-17(23)15(21)16(22)18(24)20(11-13-7-3-1-4-8-13)12-14-9-5-2-6-10-14/h1-10,15-16,21-22H,11-12H2,(H2,19,23)/t15-,16-/m0/s1. The number of aliphatic hydroxyl groups is 2. The largest absolute Gasteiger partial charge is 0.380 e. The molecule has 0 radical (unpaired) electrons. The van der Waals surface area contributed by atoms with E-state index in [1.54, 1.807) is 0 Å². The minimum atomic E-state index is -1.94. The Bertz CT molecular complexity index is 634. The summed E-state index contributed by atoms with van der Waals surface area (Å²) in [7, 11) is 0. The molecule has 4 N–H and O–H groups in total. The molecule has 0 aliphatic rings. The van der Waals surface area contributed by atoms with Gasteiger partial charge in [0.25, 0.3) is 5.91 Å². The van der Waals surface area contributed by atoms with Crippen LogP contribution in [0.4, 0.5) is 0 Å². The first-order valence-electron chi connectivity index (χ1n) is 7.51. The number of benzene rings is 2. The Labute approximate surface area is 140 Å². The first kappa shape index (κ1) is 17.7. The summed E-state index contributed by atoms with van der Waals surface area (Å²) in [5.41, 5.74) is 6.69. The molecule has 0 aliphatic carbocycles. The van der Waals surface area contributed by atoms with Crippen molar-refractivity contribution in [3.63, 3.8) is 0 Å². The molecule has 0 bridgehead atoms. The number of nitrogens with zero attached hydrogens (tertiary/aromatic N) is 1. The van der Waals surface area contributed by atoms with E-state index in [-0.39, 0.29) is 13.1 Å². The maximum atomic E-state index is 12.5. The minimum Gasteiger partial charge on any atom is -0.380 e.